The van der Waals surface area contributed by atoms with E-state index in [1.807, 2.05) is 7.05 Å². The van der Waals surface area contributed by atoms with Crippen LogP contribution in [0.1, 0.15) is 38.5 Å². The van der Waals surface area contributed by atoms with Crippen molar-refractivity contribution in [3.05, 3.63) is 0 Å². The van der Waals surface area contributed by atoms with E-state index in [2.05, 4.69) is 15.5 Å². The third kappa shape index (κ3) is 4.25. The van der Waals surface area contributed by atoms with E-state index in [0.717, 1.165) is 25.6 Å². The van der Waals surface area contributed by atoms with Crippen LogP contribution in [0, 0.1) is 5.92 Å². The summed E-state index contributed by atoms with van der Waals surface area (Å²) in [7, 11) is 2.00. The Balaban J connectivity index is 1.65. The van der Waals surface area contributed by atoms with Crippen molar-refractivity contribution in [1.82, 2.24) is 15.5 Å². The van der Waals surface area contributed by atoms with E-state index in [9.17, 15) is 4.79 Å². The normalized spacial score (nSPS) is 26.4. The summed E-state index contributed by atoms with van der Waals surface area (Å²) in [6.45, 7) is 3.81. The first-order chi connectivity index (χ1) is 8.78. The Morgan fingerprint density at radius 1 is 1.22 bits per heavy atom. The number of rotatable bonds is 5. The first-order valence-corrected chi connectivity index (χ1v) is 7.44. The minimum Gasteiger partial charge on any atom is -0.352 e. The molecule has 0 spiro atoms. The summed E-state index contributed by atoms with van der Waals surface area (Å²) in [5.74, 6) is 0.949. The van der Waals surface area contributed by atoms with Crippen LogP contribution in [0.15, 0.2) is 0 Å². The highest BCUT2D eigenvalue weighted by Gasteiger charge is 2.24. The second kappa shape index (κ2) is 7.10. The van der Waals surface area contributed by atoms with E-state index in [1.165, 1.54) is 38.5 Å². The molecular weight excluding hydrogens is 226 g/mol. The summed E-state index contributed by atoms with van der Waals surface area (Å²) in [5.41, 5.74) is 0. The van der Waals surface area contributed by atoms with Crippen molar-refractivity contribution >= 4 is 5.91 Å². The molecular formula is C14H27N3O. The minimum absolute atomic E-state index is 0.229. The molecule has 2 aliphatic rings. The zero-order valence-corrected chi connectivity index (χ0v) is 11.6. The number of hydrogen-bond acceptors (Lipinski definition) is 3. The largest absolute Gasteiger partial charge is 0.352 e. The number of amides is 1. The van der Waals surface area contributed by atoms with Gasteiger partial charge in [0.2, 0.25) is 5.91 Å². The van der Waals surface area contributed by atoms with Crippen molar-refractivity contribution in [3.8, 4) is 0 Å². The van der Waals surface area contributed by atoms with Gasteiger partial charge in [-0.25, -0.2) is 0 Å². The van der Waals surface area contributed by atoms with E-state index in [-0.39, 0.29) is 5.91 Å². The van der Waals surface area contributed by atoms with E-state index in [0.29, 0.717) is 12.6 Å². The van der Waals surface area contributed by atoms with Gasteiger partial charge in [0.25, 0.3) is 0 Å². The lowest BCUT2D eigenvalue weighted by Crippen LogP contribution is -2.42. The van der Waals surface area contributed by atoms with E-state index < -0.39 is 0 Å². The fourth-order valence-electron chi connectivity index (χ4n) is 3.24. The highest BCUT2D eigenvalue weighted by atomic mass is 16.2. The number of carbonyl (C=O) groups is 1. The molecule has 1 saturated carbocycles. The second-order valence-corrected chi connectivity index (χ2v) is 5.85. The van der Waals surface area contributed by atoms with Crippen LogP contribution < -0.4 is 10.6 Å². The van der Waals surface area contributed by atoms with Crippen LogP contribution in [-0.2, 0) is 4.79 Å². The molecule has 2 fully saturated rings. The average molecular weight is 253 g/mol. The van der Waals surface area contributed by atoms with Gasteiger partial charge in [-0.3, -0.25) is 9.69 Å². The quantitative estimate of drug-likeness (QED) is 0.767. The van der Waals surface area contributed by atoms with Crippen molar-refractivity contribution in [2.45, 2.75) is 44.6 Å². The molecule has 0 bridgehead atoms. The number of carbonyl (C=O) groups excluding carboxylic acids is 1. The van der Waals surface area contributed by atoms with Crippen LogP contribution in [-0.4, -0.2) is 50.1 Å². The highest BCUT2D eigenvalue weighted by Crippen LogP contribution is 2.18. The molecule has 1 aliphatic heterocycles. The van der Waals surface area contributed by atoms with Gasteiger partial charge in [-0.1, -0.05) is 19.3 Å². The molecule has 1 unspecified atom stereocenters. The molecule has 1 atom stereocenters. The van der Waals surface area contributed by atoms with Gasteiger partial charge in [-0.15, -0.1) is 0 Å². The van der Waals surface area contributed by atoms with Gasteiger partial charge in [0.05, 0.1) is 6.54 Å². The van der Waals surface area contributed by atoms with Crippen molar-refractivity contribution < 1.29 is 4.79 Å². The molecule has 1 saturated heterocycles. The predicted octanol–water partition coefficient (Wildman–Crippen LogP) is 0.977. The molecule has 0 aromatic carbocycles. The zero-order valence-electron chi connectivity index (χ0n) is 11.6. The van der Waals surface area contributed by atoms with Crippen LogP contribution in [0.3, 0.4) is 0 Å². The van der Waals surface area contributed by atoms with Gasteiger partial charge in [-0.2, -0.15) is 0 Å². The number of nitrogens with zero attached hydrogens (tertiary/aromatic N) is 1. The van der Waals surface area contributed by atoms with Crippen LogP contribution in [0.25, 0.3) is 0 Å². The molecule has 0 aromatic rings. The number of nitrogens with one attached hydrogen (secondary N) is 2. The lowest BCUT2D eigenvalue weighted by atomic mass is 9.95. The maximum Gasteiger partial charge on any atom is 0.234 e. The smallest absolute Gasteiger partial charge is 0.234 e. The van der Waals surface area contributed by atoms with Gasteiger partial charge in [-0.05, 0) is 45.3 Å². The van der Waals surface area contributed by atoms with Gasteiger partial charge < -0.3 is 10.6 Å². The average Bonchev–Trinajstić information content (AvgIpc) is 2.78. The molecule has 0 aromatic heterocycles. The molecule has 1 heterocycles. The minimum atomic E-state index is 0.229. The van der Waals surface area contributed by atoms with Gasteiger partial charge >= 0.3 is 0 Å². The summed E-state index contributed by atoms with van der Waals surface area (Å²) in [6, 6.07) is 0.446. The highest BCUT2D eigenvalue weighted by molar-refractivity contribution is 5.78. The van der Waals surface area contributed by atoms with E-state index in [1.54, 1.807) is 0 Å². The Hall–Kier alpha value is -0.610. The summed E-state index contributed by atoms with van der Waals surface area (Å²) >= 11 is 0. The van der Waals surface area contributed by atoms with Crippen molar-refractivity contribution in [2.24, 2.45) is 5.92 Å². The fourth-order valence-corrected chi connectivity index (χ4v) is 3.24. The molecule has 4 heteroatoms. The van der Waals surface area contributed by atoms with Crippen molar-refractivity contribution in [1.29, 1.82) is 0 Å². The number of hydrogen-bond donors (Lipinski definition) is 2. The fraction of sp³-hybridized carbons (Fsp3) is 0.929. The standard InChI is InChI=1S/C14H27N3O/c1-15-9-12-7-8-17(10-12)11-14(18)16-13-5-3-2-4-6-13/h12-13,15H,2-11H2,1H3,(H,16,18). The SMILES string of the molecule is CNCC1CCN(CC(=O)NC2CCCCC2)C1. The lowest BCUT2D eigenvalue weighted by Gasteiger charge is -2.24. The predicted molar refractivity (Wildman–Crippen MR) is 73.5 cm³/mol. The molecule has 2 N–H and O–H groups in total. The van der Waals surface area contributed by atoms with Crippen molar-refractivity contribution in [2.75, 3.05) is 33.2 Å². The number of likely N-dealkylation sites (tertiary alicyclic amines) is 1. The third-order valence-electron chi connectivity index (χ3n) is 4.20. The van der Waals surface area contributed by atoms with Gasteiger partial charge in [0.15, 0.2) is 0 Å². The molecule has 104 valence electrons. The molecule has 4 nitrogen and oxygen atoms in total. The Labute approximate surface area is 110 Å². The topological polar surface area (TPSA) is 44.4 Å². The van der Waals surface area contributed by atoms with E-state index in [4.69, 9.17) is 0 Å². The third-order valence-corrected chi connectivity index (χ3v) is 4.20. The van der Waals surface area contributed by atoms with Crippen LogP contribution in [0.4, 0.5) is 0 Å². The Morgan fingerprint density at radius 3 is 2.72 bits per heavy atom. The summed E-state index contributed by atoms with van der Waals surface area (Å²) < 4.78 is 0. The molecule has 1 amide bonds. The van der Waals surface area contributed by atoms with Gasteiger partial charge in [0.1, 0.15) is 0 Å². The Kier molecular flexibility index (Phi) is 5.45. The maximum absolute atomic E-state index is 12.0. The Morgan fingerprint density at radius 2 is 2.00 bits per heavy atom. The molecule has 1 aliphatic carbocycles. The lowest BCUT2D eigenvalue weighted by molar-refractivity contribution is -0.122. The van der Waals surface area contributed by atoms with Gasteiger partial charge in [0, 0.05) is 12.6 Å². The first-order valence-electron chi connectivity index (χ1n) is 7.44. The van der Waals surface area contributed by atoms with E-state index >= 15 is 0 Å². The summed E-state index contributed by atoms with van der Waals surface area (Å²) in [4.78, 5) is 14.3. The molecule has 0 radical (unpaired) electrons. The maximum atomic E-state index is 12.0. The zero-order chi connectivity index (χ0) is 12.8. The molecule has 2 rings (SSSR count). The van der Waals surface area contributed by atoms with Crippen LogP contribution >= 0.6 is 0 Å². The Bertz CT molecular complexity index is 264. The monoisotopic (exact) mass is 253 g/mol. The summed E-state index contributed by atoms with van der Waals surface area (Å²) in [6.07, 6.45) is 7.46. The second-order valence-electron chi connectivity index (χ2n) is 5.85. The van der Waals surface area contributed by atoms with Crippen LogP contribution in [0.2, 0.25) is 0 Å². The molecule has 18 heavy (non-hydrogen) atoms. The van der Waals surface area contributed by atoms with Crippen LogP contribution in [0.5, 0.6) is 0 Å². The first kappa shape index (κ1) is 13.8. The summed E-state index contributed by atoms with van der Waals surface area (Å²) in [5, 5.41) is 6.42. The van der Waals surface area contributed by atoms with Crippen molar-refractivity contribution in [3.63, 3.8) is 0 Å².